The van der Waals surface area contributed by atoms with Gasteiger partial charge in [-0.25, -0.2) is 4.98 Å². The van der Waals surface area contributed by atoms with E-state index in [0.29, 0.717) is 18.2 Å². The molecule has 1 aliphatic heterocycles. The molecule has 0 radical (unpaired) electrons. The number of nitriles is 1. The average molecular weight is 324 g/mol. The van der Waals surface area contributed by atoms with E-state index in [1.807, 2.05) is 23.1 Å². The van der Waals surface area contributed by atoms with Gasteiger partial charge in [0.05, 0.1) is 0 Å². The number of benzene rings is 1. The molecule has 0 saturated carbocycles. The Labute approximate surface area is 140 Å². The summed E-state index contributed by atoms with van der Waals surface area (Å²) < 4.78 is 1.11. The van der Waals surface area contributed by atoms with Gasteiger partial charge in [0.15, 0.2) is 11.4 Å². The van der Waals surface area contributed by atoms with Gasteiger partial charge in [0.25, 0.3) is 0 Å². The molecule has 6 nitrogen and oxygen atoms in total. The summed E-state index contributed by atoms with van der Waals surface area (Å²) in [6.07, 6.45) is 1.74. The minimum absolute atomic E-state index is 0.0417. The summed E-state index contributed by atoms with van der Waals surface area (Å²) in [7, 11) is 0. The molecule has 0 saturated heterocycles. The lowest BCUT2D eigenvalue weighted by Gasteiger charge is -2.23. The number of rotatable bonds is 3. The fourth-order valence-electron chi connectivity index (χ4n) is 3.09. The Morgan fingerprint density at radius 1 is 1.25 bits per heavy atom. The summed E-state index contributed by atoms with van der Waals surface area (Å²) in [4.78, 5) is 24.4. The number of nitrogens with zero attached hydrogens (tertiary/aromatic N) is 4. The molecule has 0 amide bonds. The second-order valence-corrected chi connectivity index (χ2v) is 5.74. The Balaban J connectivity index is 1.99. The Kier molecular flexibility index (Phi) is 4.52. The van der Waals surface area contributed by atoms with Crippen LogP contribution in [0.5, 0.6) is 0 Å². The zero-order valence-electron chi connectivity index (χ0n) is 14.0. The molecule has 0 unspecified atom stereocenters. The topological polar surface area (TPSA) is 71.2 Å². The number of aromatic nitrogens is 2. The smallest absolute Gasteiger partial charge is 0.306 e. The predicted molar refractivity (Wildman–Crippen MR) is 91.1 cm³/mol. The number of anilines is 1. The van der Waals surface area contributed by atoms with E-state index in [0.717, 1.165) is 30.7 Å². The van der Waals surface area contributed by atoms with Crippen molar-refractivity contribution in [3.8, 4) is 6.07 Å². The third kappa shape index (κ3) is 2.85. The van der Waals surface area contributed by atoms with Crippen LogP contribution < -0.4 is 15.3 Å². The molecule has 1 aromatic carbocycles. The van der Waals surface area contributed by atoms with E-state index in [-0.39, 0.29) is 5.56 Å². The molecule has 3 rings (SSSR count). The van der Waals surface area contributed by atoms with E-state index < -0.39 is 5.56 Å². The van der Waals surface area contributed by atoms with E-state index in [2.05, 4.69) is 17.1 Å². The van der Waals surface area contributed by atoms with E-state index in [1.165, 1.54) is 11.1 Å². The maximum Gasteiger partial charge on any atom is 0.306 e. The van der Waals surface area contributed by atoms with Crippen LogP contribution in [0.3, 0.4) is 0 Å². The molecule has 0 aliphatic carbocycles. The molecule has 124 valence electrons. The molecule has 0 fully saturated rings. The standard InChI is InChI=1S/C18H20N4O2/c1-3-24-22-13(2)20-17(16(12-19)18(22)23)21-10-8-14-6-4-5-7-15(14)9-11-21/h4-7H,3,8-11H2,1-2H3. The van der Waals surface area contributed by atoms with Gasteiger partial charge in [0.1, 0.15) is 18.5 Å². The van der Waals surface area contributed by atoms with Crippen molar-refractivity contribution in [2.75, 3.05) is 24.6 Å². The van der Waals surface area contributed by atoms with E-state index in [9.17, 15) is 10.1 Å². The first kappa shape index (κ1) is 16.1. The third-order valence-electron chi connectivity index (χ3n) is 4.27. The molecule has 6 heteroatoms. The average Bonchev–Trinajstić information content (AvgIpc) is 2.81. The van der Waals surface area contributed by atoms with Crippen molar-refractivity contribution in [2.24, 2.45) is 0 Å². The van der Waals surface area contributed by atoms with Gasteiger partial charge in [0, 0.05) is 13.1 Å². The SMILES string of the molecule is CCOn1c(C)nc(N2CCc3ccccc3CC2)c(C#N)c1=O. The molecular weight excluding hydrogens is 304 g/mol. The second kappa shape index (κ2) is 6.75. The highest BCUT2D eigenvalue weighted by molar-refractivity contribution is 5.53. The zero-order valence-corrected chi connectivity index (χ0v) is 14.0. The van der Waals surface area contributed by atoms with Crippen LogP contribution >= 0.6 is 0 Å². The number of hydrogen-bond donors (Lipinski definition) is 0. The summed E-state index contributed by atoms with van der Waals surface area (Å²) in [6.45, 7) is 5.31. The highest BCUT2D eigenvalue weighted by Gasteiger charge is 2.22. The lowest BCUT2D eigenvalue weighted by molar-refractivity contribution is 0.105. The number of aryl methyl sites for hydroxylation is 1. The molecule has 1 aliphatic rings. The first-order valence-corrected chi connectivity index (χ1v) is 8.14. The monoisotopic (exact) mass is 324 g/mol. The van der Waals surface area contributed by atoms with Crippen molar-refractivity contribution in [3.05, 3.63) is 57.1 Å². The van der Waals surface area contributed by atoms with E-state index >= 15 is 0 Å². The maximum absolute atomic E-state index is 12.5. The van der Waals surface area contributed by atoms with Gasteiger partial charge in [-0.2, -0.15) is 5.26 Å². The summed E-state index contributed by atoms with van der Waals surface area (Å²) in [5.41, 5.74) is 2.24. The van der Waals surface area contributed by atoms with Crippen LogP contribution in [0.25, 0.3) is 0 Å². The first-order chi connectivity index (χ1) is 11.7. The van der Waals surface area contributed by atoms with Crippen molar-refractivity contribution in [2.45, 2.75) is 26.7 Å². The summed E-state index contributed by atoms with van der Waals surface area (Å²) in [5.74, 6) is 0.918. The van der Waals surface area contributed by atoms with Gasteiger partial charge in [-0.05, 0) is 37.8 Å². The van der Waals surface area contributed by atoms with Crippen LogP contribution in [0.1, 0.15) is 29.4 Å². The van der Waals surface area contributed by atoms with Crippen molar-refractivity contribution in [1.82, 2.24) is 9.71 Å². The van der Waals surface area contributed by atoms with Gasteiger partial charge in [-0.15, -0.1) is 4.73 Å². The molecule has 1 aromatic heterocycles. The summed E-state index contributed by atoms with van der Waals surface area (Å²) in [5, 5.41) is 9.47. The van der Waals surface area contributed by atoms with Crippen LogP contribution in [0, 0.1) is 18.3 Å². The highest BCUT2D eigenvalue weighted by atomic mass is 16.7. The lowest BCUT2D eigenvalue weighted by Crippen LogP contribution is -2.36. The fraction of sp³-hybridized carbons (Fsp3) is 0.389. The largest absolute Gasteiger partial charge is 0.409 e. The molecule has 0 N–H and O–H groups in total. The Hall–Kier alpha value is -2.81. The Bertz CT molecular complexity index is 824. The van der Waals surface area contributed by atoms with Crippen molar-refractivity contribution in [3.63, 3.8) is 0 Å². The van der Waals surface area contributed by atoms with Crippen LogP contribution in [-0.4, -0.2) is 29.4 Å². The maximum atomic E-state index is 12.5. The van der Waals surface area contributed by atoms with Gasteiger partial charge in [0.2, 0.25) is 0 Å². The highest BCUT2D eigenvalue weighted by Crippen LogP contribution is 2.21. The molecule has 2 aromatic rings. The van der Waals surface area contributed by atoms with Crippen LogP contribution in [0.4, 0.5) is 5.82 Å². The van der Waals surface area contributed by atoms with E-state index in [4.69, 9.17) is 4.84 Å². The van der Waals surface area contributed by atoms with Crippen molar-refractivity contribution < 1.29 is 4.84 Å². The molecule has 0 spiro atoms. The summed E-state index contributed by atoms with van der Waals surface area (Å²) >= 11 is 0. The molecule has 0 atom stereocenters. The van der Waals surface area contributed by atoms with Crippen LogP contribution in [0.2, 0.25) is 0 Å². The second-order valence-electron chi connectivity index (χ2n) is 5.74. The molecular formula is C18H20N4O2. The zero-order chi connectivity index (χ0) is 17.1. The molecule has 2 heterocycles. The Morgan fingerprint density at radius 2 is 1.88 bits per heavy atom. The van der Waals surface area contributed by atoms with Gasteiger partial charge in [-0.3, -0.25) is 4.79 Å². The van der Waals surface area contributed by atoms with Gasteiger partial charge >= 0.3 is 5.56 Å². The minimum atomic E-state index is -0.441. The van der Waals surface area contributed by atoms with Crippen molar-refractivity contribution >= 4 is 5.82 Å². The first-order valence-electron chi connectivity index (χ1n) is 8.14. The van der Waals surface area contributed by atoms with E-state index in [1.54, 1.807) is 13.8 Å². The van der Waals surface area contributed by atoms with Crippen LogP contribution in [-0.2, 0) is 12.8 Å². The third-order valence-corrected chi connectivity index (χ3v) is 4.27. The van der Waals surface area contributed by atoms with Crippen molar-refractivity contribution in [1.29, 1.82) is 5.26 Å². The predicted octanol–water partition coefficient (Wildman–Crippen LogP) is 1.48. The quantitative estimate of drug-likeness (QED) is 0.855. The number of hydrogen-bond acceptors (Lipinski definition) is 5. The summed E-state index contributed by atoms with van der Waals surface area (Å²) in [6, 6.07) is 10.4. The molecule has 0 bridgehead atoms. The number of fused-ring (bicyclic) bond motifs is 1. The lowest BCUT2D eigenvalue weighted by atomic mass is 10.0. The normalized spacial score (nSPS) is 13.8. The van der Waals surface area contributed by atoms with Crippen LogP contribution in [0.15, 0.2) is 29.1 Å². The molecule has 24 heavy (non-hydrogen) atoms. The fourth-order valence-corrected chi connectivity index (χ4v) is 3.09. The van der Waals surface area contributed by atoms with Gasteiger partial charge < -0.3 is 9.74 Å². The van der Waals surface area contributed by atoms with Gasteiger partial charge in [-0.1, -0.05) is 24.3 Å². The Morgan fingerprint density at radius 3 is 2.42 bits per heavy atom. The minimum Gasteiger partial charge on any atom is -0.409 e.